The van der Waals surface area contributed by atoms with E-state index in [1.807, 2.05) is 13.0 Å². The third-order valence-electron chi connectivity index (χ3n) is 4.68. The zero-order valence-corrected chi connectivity index (χ0v) is 15.0. The molecule has 2 heterocycles. The second-order valence-electron chi connectivity index (χ2n) is 6.41. The number of aliphatic hydroxyl groups is 1. The van der Waals surface area contributed by atoms with Gasteiger partial charge in [0.15, 0.2) is 5.60 Å². The van der Waals surface area contributed by atoms with Crippen molar-refractivity contribution in [3.8, 4) is 5.75 Å². The first-order chi connectivity index (χ1) is 12.4. The van der Waals surface area contributed by atoms with Crippen molar-refractivity contribution in [1.82, 2.24) is 0 Å². The summed E-state index contributed by atoms with van der Waals surface area (Å²) in [6.45, 7) is 2.33. The average Bonchev–Trinajstić information content (AvgIpc) is 2.94. The summed E-state index contributed by atoms with van der Waals surface area (Å²) in [5.74, 6) is 0.253. The van der Waals surface area contributed by atoms with Gasteiger partial charge in [0.1, 0.15) is 11.6 Å². The molecule has 8 heteroatoms. The molecule has 2 unspecified atom stereocenters. The molecule has 2 aliphatic heterocycles. The summed E-state index contributed by atoms with van der Waals surface area (Å²) in [6, 6.07) is 11.9. The predicted octanol–water partition coefficient (Wildman–Crippen LogP) is 2.62. The lowest BCUT2D eigenvalue weighted by molar-refractivity contribution is 0.0602. The standard InChI is InChI=1S/C18H17N2O5P/c1-11-2-7-15-14(10-11)16(21)18(22)8-9-20(17(18)19-15)12-3-5-13(6-4-12)25-26(23)24/h2-7,10,22,26H,8-9H2,1H3,(H,23,24). The molecule has 0 radical (unpaired) electrons. The lowest BCUT2D eigenvalue weighted by atomic mass is 9.87. The van der Waals surface area contributed by atoms with Crippen LogP contribution in [0.3, 0.4) is 0 Å². The van der Waals surface area contributed by atoms with Crippen molar-refractivity contribution < 1.29 is 23.9 Å². The number of nitrogens with zero attached hydrogens (tertiary/aromatic N) is 2. The first kappa shape index (κ1) is 17.0. The Bertz CT molecular complexity index is 957. The van der Waals surface area contributed by atoms with Gasteiger partial charge in [-0.3, -0.25) is 4.79 Å². The Morgan fingerprint density at radius 1 is 1.23 bits per heavy atom. The van der Waals surface area contributed by atoms with Crippen molar-refractivity contribution in [2.45, 2.75) is 18.9 Å². The number of carbonyl (C=O) groups is 1. The van der Waals surface area contributed by atoms with E-state index < -0.39 is 13.9 Å². The number of aryl methyl sites for hydroxylation is 1. The average molecular weight is 372 g/mol. The van der Waals surface area contributed by atoms with Crippen LogP contribution in [0.4, 0.5) is 11.4 Å². The molecule has 2 aromatic carbocycles. The van der Waals surface area contributed by atoms with Gasteiger partial charge in [-0.15, -0.1) is 0 Å². The first-order valence-electron chi connectivity index (χ1n) is 8.14. The van der Waals surface area contributed by atoms with E-state index in [1.54, 1.807) is 41.3 Å². The van der Waals surface area contributed by atoms with Crippen molar-refractivity contribution in [1.29, 1.82) is 0 Å². The van der Waals surface area contributed by atoms with Gasteiger partial charge in [-0.25, -0.2) is 9.56 Å². The third kappa shape index (κ3) is 2.65. The van der Waals surface area contributed by atoms with Crippen LogP contribution in [0.5, 0.6) is 5.75 Å². The van der Waals surface area contributed by atoms with Gasteiger partial charge in [0.05, 0.1) is 5.69 Å². The molecule has 1 saturated heterocycles. The second-order valence-corrected chi connectivity index (χ2v) is 7.14. The van der Waals surface area contributed by atoms with Crippen molar-refractivity contribution in [3.63, 3.8) is 0 Å². The van der Waals surface area contributed by atoms with Gasteiger partial charge >= 0.3 is 8.25 Å². The van der Waals surface area contributed by atoms with Gasteiger partial charge in [0, 0.05) is 24.2 Å². The van der Waals surface area contributed by atoms with Crippen LogP contribution in [0, 0.1) is 6.92 Å². The van der Waals surface area contributed by atoms with Gasteiger partial charge < -0.3 is 19.4 Å². The molecule has 0 spiro atoms. The number of aliphatic imine (C=N–C) groups is 1. The second kappa shape index (κ2) is 6.06. The Kier molecular flexibility index (Phi) is 3.95. The number of fused-ring (bicyclic) bond motifs is 2. The number of hydrogen-bond acceptors (Lipinski definition) is 6. The number of Topliss-reactive ketones (excluding diaryl/α,β-unsaturated/α-hetero) is 1. The molecule has 2 atom stereocenters. The zero-order chi connectivity index (χ0) is 18.5. The number of carbonyl (C=O) groups excluding carboxylic acids is 1. The Morgan fingerprint density at radius 3 is 2.65 bits per heavy atom. The van der Waals surface area contributed by atoms with E-state index in [9.17, 15) is 14.5 Å². The zero-order valence-electron chi connectivity index (χ0n) is 14.0. The highest BCUT2D eigenvalue weighted by Crippen LogP contribution is 2.40. The molecule has 7 nitrogen and oxygen atoms in total. The molecule has 0 amide bonds. The maximum absolute atomic E-state index is 12.9. The van der Waals surface area contributed by atoms with Crippen LogP contribution >= 0.6 is 8.25 Å². The number of amidine groups is 1. The first-order valence-corrected chi connectivity index (χ1v) is 9.40. The summed E-state index contributed by atoms with van der Waals surface area (Å²) in [6.07, 6.45) is 0.251. The van der Waals surface area contributed by atoms with Crippen LogP contribution in [0.2, 0.25) is 0 Å². The SMILES string of the molecule is Cc1ccc2c(c1)C(=O)C1(O)CCN(c3ccc(O[PH](=O)O)cc3)C1=N2. The maximum atomic E-state index is 12.9. The van der Waals surface area contributed by atoms with Crippen molar-refractivity contribution in [3.05, 3.63) is 53.6 Å². The fraction of sp³-hybridized carbons (Fsp3) is 0.222. The summed E-state index contributed by atoms with van der Waals surface area (Å²) < 4.78 is 15.6. The largest absolute Gasteiger partial charge is 0.426 e. The number of rotatable bonds is 3. The predicted molar refractivity (Wildman–Crippen MR) is 97.8 cm³/mol. The van der Waals surface area contributed by atoms with Gasteiger partial charge in [-0.05, 0) is 43.3 Å². The molecule has 0 aliphatic carbocycles. The normalized spacial score (nSPS) is 22.5. The monoisotopic (exact) mass is 372 g/mol. The minimum atomic E-state index is -3.06. The lowest BCUT2D eigenvalue weighted by Gasteiger charge is -2.29. The van der Waals surface area contributed by atoms with E-state index in [0.29, 0.717) is 29.3 Å². The fourth-order valence-corrected chi connectivity index (χ4v) is 3.73. The van der Waals surface area contributed by atoms with Crippen LogP contribution in [0.1, 0.15) is 22.3 Å². The highest BCUT2D eigenvalue weighted by atomic mass is 31.1. The van der Waals surface area contributed by atoms with Gasteiger partial charge in [-0.2, -0.15) is 0 Å². The molecule has 1 fully saturated rings. The van der Waals surface area contributed by atoms with E-state index in [0.717, 1.165) is 5.56 Å². The van der Waals surface area contributed by atoms with Gasteiger partial charge in [-0.1, -0.05) is 11.6 Å². The molecule has 0 bridgehead atoms. The smallest absolute Gasteiger partial charge is 0.365 e. The van der Waals surface area contributed by atoms with Crippen LogP contribution in [-0.2, 0) is 4.57 Å². The topological polar surface area (TPSA) is 99.4 Å². The summed E-state index contributed by atoms with van der Waals surface area (Å²) in [5, 5.41) is 11.0. The number of benzene rings is 2. The number of hydrogen-bond donors (Lipinski definition) is 2. The van der Waals surface area contributed by atoms with E-state index in [-0.39, 0.29) is 18.0 Å². The third-order valence-corrected chi connectivity index (χ3v) is 5.09. The molecule has 2 N–H and O–H groups in total. The van der Waals surface area contributed by atoms with E-state index in [2.05, 4.69) is 4.99 Å². The van der Waals surface area contributed by atoms with Gasteiger partial charge in [0.2, 0.25) is 5.78 Å². The van der Waals surface area contributed by atoms with Crippen molar-refractivity contribution in [2.24, 2.45) is 4.99 Å². The molecule has 2 aliphatic rings. The number of ketones is 1. The Labute approximate surface area is 150 Å². The van der Waals surface area contributed by atoms with E-state index in [1.165, 1.54) is 0 Å². The molecule has 0 saturated carbocycles. The lowest BCUT2D eigenvalue weighted by Crippen LogP contribution is -2.48. The van der Waals surface area contributed by atoms with E-state index in [4.69, 9.17) is 9.42 Å². The molecule has 2 aromatic rings. The minimum Gasteiger partial charge on any atom is -0.426 e. The van der Waals surface area contributed by atoms with Crippen molar-refractivity contribution >= 4 is 31.2 Å². The quantitative estimate of drug-likeness (QED) is 0.804. The summed E-state index contributed by atoms with van der Waals surface area (Å²) in [5.41, 5.74) is 1.01. The molecule has 0 aromatic heterocycles. The summed E-state index contributed by atoms with van der Waals surface area (Å²) in [7, 11) is -3.06. The Hall–Kier alpha value is -2.47. The van der Waals surface area contributed by atoms with Gasteiger partial charge in [0.25, 0.3) is 0 Å². The minimum absolute atomic E-state index is 0.251. The molecule has 26 heavy (non-hydrogen) atoms. The number of anilines is 1. The Morgan fingerprint density at radius 2 is 1.96 bits per heavy atom. The van der Waals surface area contributed by atoms with Crippen LogP contribution in [0.25, 0.3) is 0 Å². The highest BCUT2D eigenvalue weighted by Gasteiger charge is 2.52. The Balaban J connectivity index is 1.73. The highest BCUT2D eigenvalue weighted by molar-refractivity contribution is 7.32. The molecule has 4 rings (SSSR count). The van der Waals surface area contributed by atoms with Crippen LogP contribution in [-0.4, -0.2) is 33.8 Å². The maximum Gasteiger partial charge on any atom is 0.365 e. The van der Waals surface area contributed by atoms with Crippen LogP contribution < -0.4 is 9.42 Å². The molecular weight excluding hydrogens is 355 g/mol. The molecule has 134 valence electrons. The molecular formula is C18H17N2O5P. The fourth-order valence-electron chi connectivity index (χ4n) is 3.39. The summed E-state index contributed by atoms with van der Waals surface area (Å²) >= 11 is 0. The van der Waals surface area contributed by atoms with Crippen molar-refractivity contribution in [2.75, 3.05) is 11.4 Å². The van der Waals surface area contributed by atoms with E-state index >= 15 is 0 Å². The summed E-state index contributed by atoms with van der Waals surface area (Å²) in [4.78, 5) is 28.1. The van der Waals surface area contributed by atoms with Crippen LogP contribution in [0.15, 0.2) is 47.5 Å².